The molecule has 3 rings (SSSR count). The second-order valence-electron chi connectivity index (χ2n) is 5.52. The molecule has 2 aromatic rings. The highest BCUT2D eigenvalue weighted by Crippen LogP contribution is 2.28. The van der Waals surface area contributed by atoms with Crippen molar-refractivity contribution >= 4 is 17.8 Å². The van der Waals surface area contributed by atoms with Gasteiger partial charge in [-0.1, -0.05) is 35.5 Å². The fourth-order valence-electron chi connectivity index (χ4n) is 2.42. The third-order valence-electron chi connectivity index (χ3n) is 3.71. The van der Waals surface area contributed by atoms with Crippen molar-refractivity contribution in [3.05, 3.63) is 65.2 Å². The predicted octanol–water partition coefficient (Wildman–Crippen LogP) is 3.98. The molecule has 25 heavy (non-hydrogen) atoms. The molecule has 0 bridgehead atoms. The fraction of sp³-hybridized carbons (Fsp3) is 0.200. The van der Waals surface area contributed by atoms with Crippen LogP contribution in [0.25, 0.3) is 6.08 Å². The molecule has 2 aromatic carbocycles. The summed E-state index contributed by atoms with van der Waals surface area (Å²) in [5.74, 6) is 0.895. The topological polar surface area (TPSA) is 57.1 Å². The average Bonchev–Trinajstić information content (AvgIpc) is 2.95. The zero-order valence-electron chi connectivity index (χ0n) is 14.2. The number of hydrogen-bond donors (Lipinski definition) is 0. The molecular weight excluding hydrogens is 318 g/mol. The lowest BCUT2D eigenvalue weighted by Gasteiger charge is -2.11. The SMILES string of the molecule is CCOc1cc(OCc2ccccc2)ccc1/C=C1/C(=O)ON=C1C. The third-order valence-corrected chi connectivity index (χ3v) is 3.71. The molecule has 128 valence electrons. The lowest BCUT2D eigenvalue weighted by molar-refractivity contribution is -0.136. The molecule has 0 aromatic heterocycles. The molecule has 0 fully saturated rings. The minimum Gasteiger partial charge on any atom is -0.493 e. The number of carbonyl (C=O) groups excluding carboxylic acids is 1. The van der Waals surface area contributed by atoms with Crippen LogP contribution in [-0.4, -0.2) is 18.3 Å². The lowest BCUT2D eigenvalue weighted by atomic mass is 10.1. The van der Waals surface area contributed by atoms with Crippen LogP contribution in [0.4, 0.5) is 0 Å². The van der Waals surface area contributed by atoms with E-state index in [1.165, 1.54) is 0 Å². The van der Waals surface area contributed by atoms with E-state index in [1.807, 2.05) is 55.5 Å². The Morgan fingerprint density at radius 2 is 1.92 bits per heavy atom. The highest BCUT2D eigenvalue weighted by atomic mass is 16.7. The van der Waals surface area contributed by atoms with Crippen LogP contribution < -0.4 is 9.47 Å². The maximum atomic E-state index is 11.7. The number of carbonyl (C=O) groups is 1. The molecule has 1 heterocycles. The monoisotopic (exact) mass is 337 g/mol. The zero-order valence-corrected chi connectivity index (χ0v) is 14.2. The smallest absolute Gasteiger partial charge is 0.367 e. The summed E-state index contributed by atoms with van der Waals surface area (Å²) in [6, 6.07) is 15.5. The molecule has 0 radical (unpaired) electrons. The highest BCUT2D eigenvalue weighted by Gasteiger charge is 2.22. The standard InChI is InChI=1S/C20H19NO4/c1-3-23-19-12-17(24-13-15-7-5-4-6-8-15)10-9-16(19)11-18-14(2)21-25-20(18)22/h4-12H,3,13H2,1-2H3/b18-11+. The average molecular weight is 337 g/mol. The Balaban J connectivity index is 1.82. The van der Waals surface area contributed by atoms with Crippen molar-refractivity contribution < 1.29 is 19.1 Å². The van der Waals surface area contributed by atoms with Crippen LogP contribution in [0.15, 0.2) is 59.3 Å². The number of nitrogens with zero attached hydrogens (tertiary/aromatic N) is 1. The van der Waals surface area contributed by atoms with Gasteiger partial charge < -0.3 is 14.3 Å². The van der Waals surface area contributed by atoms with Gasteiger partial charge in [0, 0.05) is 11.6 Å². The van der Waals surface area contributed by atoms with Gasteiger partial charge in [0.2, 0.25) is 0 Å². The Labute approximate surface area is 146 Å². The maximum absolute atomic E-state index is 11.7. The van der Waals surface area contributed by atoms with Gasteiger partial charge in [0.05, 0.1) is 17.9 Å². The first kappa shape index (κ1) is 16.8. The Morgan fingerprint density at radius 1 is 1.12 bits per heavy atom. The van der Waals surface area contributed by atoms with E-state index >= 15 is 0 Å². The van der Waals surface area contributed by atoms with Gasteiger partial charge in [0.1, 0.15) is 18.1 Å². The van der Waals surface area contributed by atoms with E-state index in [1.54, 1.807) is 13.0 Å². The summed E-state index contributed by atoms with van der Waals surface area (Å²) in [7, 11) is 0. The Morgan fingerprint density at radius 3 is 2.60 bits per heavy atom. The molecule has 0 saturated carbocycles. The van der Waals surface area contributed by atoms with Crippen LogP contribution in [0.5, 0.6) is 11.5 Å². The van der Waals surface area contributed by atoms with E-state index in [4.69, 9.17) is 9.47 Å². The number of ether oxygens (including phenoxy) is 2. The molecule has 0 amide bonds. The molecule has 1 aliphatic rings. The molecule has 0 unspecified atom stereocenters. The molecule has 0 atom stereocenters. The number of oxime groups is 1. The molecule has 0 saturated heterocycles. The predicted molar refractivity (Wildman–Crippen MR) is 95.6 cm³/mol. The number of benzene rings is 2. The molecular formula is C20H19NO4. The van der Waals surface area contributed by atoms with Gasteiger partial charge in [-0.2, -0.15) is 0 Å². The van der Waals surface area contributed by atoms with Gasteiger partial charge in [0.15, 0.2) is 0 Å². The molecule has 0 aliphatic carbocycles. The van der Waals surface area contributed by atoms with E-state index in [0.29, 0.717) is 36.0 Å². The van der Waals surface area contributed by atoms with Gasteiger partial charge in [-0.05, 0) is 37.6 Å². The van der Waals surface area contributed by atoms with Crippen molar-refractivity contribution in [3.63, 3.8) is 0 Å². The first-order valence-corrected chi connectivity index (χ1v) is 8.09. The van der Waals surface area contributed by atoms with Crippen molar-refractivity contribution in [2.45, 2.75) is 20.5 Å². The number of rotatable bonds is 6. The second kappa shape index (κ2) is 7.66. The summed E-state index contributed by atoms with van der Waals surface area (Å²) >= 11 is 0. The largest absolute Gasteiger partial charge is 0.493 e. The Hall–Kier alpha value is -3.08. The first-order chi connectivity index (χ1) is 12.2. The second-order valence-corrected chi connectivity index (χ2v) is 5.52. The summed E-state index contributed by atoms with van der Waals surface area (Å²) in [5, 5.41) is 3.68. The maximum Gasteiger partial charge on any atom is 0.367 e. The van der Waals surface area contributed by atoms with Gasteiger partial charge in [-0.25, -0.2) is 4.79 Å². The van der Waals surface area contributed by atoms with Crippen molar-refractivity contribution in [1.29, 1.82) is 0 Å². The number of hydrogen-bond acceptors (Lipinski definition) is 5. The third kappa shape index (κ3) is 4.07. The molecule has 0 spiro atoms. The Bertz CT molecular complexity index is 825. The van der Waals surface area contributed by atoms with Crippen LogP contribution >= 0.6 is 0 Å². The zero-order chi connectivity index (χ0) is 17.6. The van der Waals surface area contributed by atoms with E-state index in [9.17, 15) is 4.79 Å². The fourth-order valence-corrected chi connectivity index (χ4v) is 2.42. The van der Waals surface area contributed by atoms with Crippen LogP contribution in [0, 0.1) is 0 Å². The summed E-state index contributed by atoms with van der Waals surface area (Å²) in [6.45, 7) is 4.63. The summed E-state index contributed by atoms with van der Waals surface area (Å²) in [6.07, 6.45) is 1.72. The van der Waals surface area contributed by atoms with E-state index < -0.39 is 5.97 Å². The quantitative estimate of drug-likeness (QED) is 0.591. The molecule has 0 N–H and O–H groups in total. The Kier molecular flexibility index (Phi) is 5.14. The first-order valence-electron chi connectivity index (χ1n) is 8.09. The van der Waals surface area contributed by atoms with E-state index in [-0.39, 0.29) is 0 Å². The van der Waals surface area contributed by atoms with Crippen LogP contribution in [0.1, 0.15) is 25.0 Å². The molecule has 5 nitrogen and oxygen atoms in total. The van der Waals surface area contributed by atoms with Gasteiger partial charge >= 0.3 is 5.97 Å². The van der Waals surface area contributed by atoms with Crippen LogP contribution in [0.3, 0.4) is 0 Å². The summed E-state index contributed by atoms with van der Waals surface area (Å²) in [4.78, 5) is 16.4. The minimum atomic E-state index is -0.454. The van der Waals surface area contributed by atoms with Gasteiger partial charge in [-0.3, -0.25) is 0 Å². The van der Waals surface area contributed by atoms with Crippen molar-refractivity contribution in [2.75, 3.05) is 6.61 Å². The lowest BCUT2D eigenvalue weighted by Crippen LogP contribution is -2.03. The summed E-state index contributed by atoms with van der Waals surface area (Å²) < 4.78 is 11.5. The highest BCUT2D eigenvalue weighted by molar-refractivity contribution is 6.24. The molecule has 1 aliphatic heterocycles. The van der Waals surface area contributed by atoms with Gasteiger partial charge in [0.25, 0.3) is 0 Å². The van der Waals surface area contributed by atoms with Crippen molar-refractivity contribution in [2.24, 2.45) is 5.16 Å². The van der Waals surface area contributed by atoms with Crippen LogP contribution in [-0.2, 0) is 16.2 Å². The summed E-state index contributed by atoms with van der Waals surface area (Å²) in [5.41, 5.74) is 2.85. The normalized spacial score (nSPS) is 15.0. The van der Waals surface area contributed by atoms with Gasteiger partial charge in [-0.15, -0.1) is 0 Å². The van der Waals surface area contributed by atoms with E-state index in [2.05, 4.69) is 9.99 Å². The van der Waals surface area contributed by atoms with Crippen LogP contribution in [0.2, 0.25) is 0 Å². The van der Waals surface area contributed by atoms with Crippen molar-refractivity contribution in [1.82, 2.24) is 0 Å². The minimum absolute atomic E-state index is 0.430. The molecule has 5 heteroatoms. The van der Waals surface area contributed by atoms with Crippen molar-refractivity contribution in [3.8, 4) is 11.5 Å². The van der Waals surface area contributed by atoms with E-state index in [0.717, 1.165) is 11.1 Å².